The lowest BCUT2D eigenvalue weighted by molar-refractivity contribution is 0.634. The summed E-state index contributed by atoms with van der Waals surface area (Å²) in [5.41, 5.74) is 0.670. The van der Waals surface area contributed by atoms with E-state index in [4.69, 9.17) is 6.58 Å². The van der Waals surface area contributed by atoms with Gasteiger partial charge in [-0.05, 0) is 17.0 Å². The van der Waals surface area contributed by atoms with Gasteiger partial charge in [0.1, 0.15) is 0 Å². The average molecular weight is 225 g/mol. The van der Waals surface area contributed by atoms with E-state index < -0.39 is 8.07 Å². The molecule has 0 aliphatic rings. The summed E-state index contributed by atoms with van der Waals surface area (Å²) in [7, 11) is -1.26. The van der Waals surface area contributed by atoms with Crippen molar-refractivity contribution in [3.8, 4) is 0 Å². The van der Waals surface area contributed by atoms with E-state index in [1.165, 1.54) is 25.7 Å². The molecule has 1 heteroatoms. The lowest BCUT2D eigenvalue weighted by Crippen LogP contribution is -2.41. The second-order valence-corrected chi connectivity index (χ2v) is 12.0. The number of hydrogen-bond acceptors (Lipinski definition) is 0. The molecule has 1 unspecified atom stereocenters. The summed E-state index contributed by atoms with van der Waals surface area (Å²) in [6.07, 6.45) is 7.25. The van der Waals surface area contributed by atoms with Gasteiger partial charge in [0.05, 0.1) is 8.07 Å². The van der Waals surface area contributed by atoms with E-state index in [-0.39, 0.29) is 0 Å². The van der Waals surface area contributed by atoms with Crippen LogP contribution in [0.2, 0.25) is 23.7 Å². The van der Waals surface area contributed by atoms with Gasteiger partial charge in [-0.2, -0.15) is 0 Å². The highest BCUT2D eigenvalue weighted by atomic mass is 28.3. The van der Waals surface area contributed by atoms with Crippen LogP contribution in [0.25, 0.3) is 0 Å². The second-order valence-electron chi connectivity index (χ2n) is 6.27. The molecular formula is C14H29Si. The molecule has 0 amide bonds. The minimum absolute atomic E-state index is 0.444. The van der Waals surface area contributed by atoms with Crippen LogP contribution in [0, 0.1) is 6.58 Å². The Morgan fingerprint density at radius 1 is 1.20 bits per heavy atom. The summed E-state index contributed by atoms with van der Waals surface area (Å²) in [6, 6.07) is 0. The predicted octanol–water partition coefficient (Wildman–Crippen LogP) is 5.43. The molecular weight excluding hydrogens is 196 g/mol. The van der Waals surface area contributed by atoms with E-state index in [0.717, 1.165) is 0 Å². The molecule has 0 aromatic heterocycles. The fourth-order valence-corrected chi connectivity index (χ4v) is 4.39. The Hall–Kier alpha value is -0.0431. The van der Waals surface area contributed by atoms with E-state index in [1.807, 2.05) is 6.08 Å². The van der Waals surface area contributed by atoms with Crippen molar-refractivity contribution >= 4 is 8.07 Å². The Labute approximate surface area is 98.2 Å². The van der Waals surface area contributed by atoms with E-state index in [9.17, 15) is 0 Å². The topological polar surface area (TPSA) is 0 Å². The Bertz CT molecular complexity index is 186. The molecule has 0 heterocycles. The zero-order chi connectivity index (χ0) is 12.1. The maximum absolute atomic E-state index is 5.85. The molecule has 0 fully saturated rings. The van der Waals surface area contributed by atoms with Gasteiger partial charge in [0.15, 0.2) is 0 Å². The largest absolute Gasteiger partial charge is 0.0841 e. The molecule has 1 atom stereocenters. The minimum Gasteiger partial charge on any atom is -0.0841 e. The second kappa shape index (κ2) is 5.88. The third-order valence-electron chi connectivity index (χ3n) is 4.21. The molecule has 0 saturated heterocycles. The van der Waals surface area contributed by atoms with Crippen molar-refractivity contribution in [2.45, 2.75) is 77.1 Å². The van der Waals surface area contributed by atoms with Crippen molar-refractivity contribution in [3.05, 3.63) is 12.7 Å². The van der Waals surface area contributed by atoms with Crippen LogP contribution in [0.3, 0.4) is 0 Å². The third-order valence-corrected chi connectivity index (χ3v) is 10.4. The van der Waals surface area contributed by atoms with Gasteiger partial charge in [0.2, 0.25) is 0 Å². The predicted molar refractivity (Wildman–Crippen MR) is 74.0 cm³/mol. The van der Waals surface area contributed by atoms with Crippen molar-refractivity contribution in [2.24, 2.45) is 0 Å². The number of unbranched alkanes of at least 4 members (excludes halogenated alkanes) is 2. The summed E-state index contributed by atoms with van der Waals surface area (Å²) in [4.78, 5) is 0. The van der Waals surface area contributed by atoms with E-state index in [2.05, 4.69) is 40.8 Å². The maximum Gasteiger partial charge on any atom is 0.0597 e. The molecule has 0 aliphatic heterocycles. The summed E-state index contributed by atoms with van der Waals surface area (Å²) < 4.78 is 0. The summed E-state index contributed by atoms with van der Waals surface area (Å²) in [5, 5.41) is 0.444. The van der Waals surface area contributed by atoms with Crippen LogP contribution in [0.1, 0.15) is 53.4 Å². The molecule has 0 spiro atoms. The van der Waals surface area contributed by atoms with Crippen molar-refractivity contribution in [1.82, 2.24) is 0 Å². The Balaban J connectivity index is 4.45. The molecule has 0 N–H and O–H groups in total. The smallest absolute Gasteiger partial charge is 0.0597 e. The van der Waals surface area contributed by atoms with Crippen molar-refractivity contribution in [3.63, 3.8) is 0 Å². The van der Waals surface area contributed by atoms with Gasteiger partial charge in [-0.1, -0.05) is 72.7 Å². The van der Waals surface area contributed by atoms with Crippen LogP contribution < -0.4 is 0 Å². The van der Waals surface area contributed by atoms with Crippen molar-refractivity contribution < 1.29 is 0 Å². The summed E-state index contributed by atoms with van der Waals surface area (Å²) in [6.45, 7) is 20.2. The van der Waals surface area contributed by atoms with Gasteiger partial charge >= 0.3 is 0 Å². The van der Waals surface area contributed by atoms with Gasteiger partial charge in [0, 0.05) is 0 Å². The molecule has 89 valence electrons. The first kappa shape index (κ1) is 15.0. The highest BCUT2D eigenvalue weighted by Crippen LogP contribution is 2.45. The molecule has 0 nitrogen and oxygen atoms in total. The van der Waals surface area contributed by atoms with E-state index >= 15 is 0 Å². The molecule has 0 aromatic rings. The fraction of sp³-hybridized carbons (Fsp3) is 0.857. The van der Waals surface area contributed by atoms with Crippen LogP contribution in [0.5, 0.6) is 0 Å². The van der Waals surface area contributed by atoms with Crippen LogP contribution >= 0.6 is 0 Å². The Morgan fingerprint density at radius 2 is 1.73 bits per heavy atom. The molecule has 1 radical (unpaired) electrons. The lowest BCUT2D eigenvalue weighted by Gasteiger charge is -2.42. The van der Waals surface area contributed by atoms with Crippen molar-refractivity contribution in [1.29, 1.82) is 0 Å². The first-order chi connectivity index (χ1) is 6.77. The monoisotopic (exact) mass is 225 g/mol. The molecule has 0 bridgehead atoms. The Kier molecular flexibility index (Phi) is 5.87. The molecule has 0 aromatic carbocycles. The quantitative estimate of drug-likeness (QED) is 0.417. The average Bonchev–Trinajstić information content (AvgIpc) is 2.10. The molecule has 0 saturated carbocycles. The maximum atomic E-state index is 5.85. The van der Waals surface area contributed by atoms with Crippen LogP contribution in [-0.4, -0.2) is 8.07 Å². The first-order valence-corrected chi connectivity index (χ1v) is 9.40. The van der Waals surface area contributed by atoms with Gasteiger partial charge < -0.3 is 0 Å². The molecule has 0 rings (SSSR count). The van der Waals surface area contributed by atoms with Crippen molar-refractivity contribution in [2.75, 3.05) is 0 Å². The zero-order valence-electron chi connectivity index (χ0n) is 11.6. The standard InChI is InChI=1S/C14H29Si/c1-8-10-11-12-13(9-2)15(6,7)14(3,4)5/h2,9,13H,8,10-12H2,1,3-7H3. The van der Waals surface area contributed by atoms with Crippen LogP contribution in [0.4, 0.5) is 0 Å². The number of rotatable bonds is 6. The van der Waals surface area contributed by atoms with Gasteiger partial charge in [0.25, 0.3) is 0 Å². The fourth-order valence-electron chi connectivity index (χ4n) is 1.87. The summed E-state index contributed by atoms with van der Waals surface area (Å²) in [5.74, 6) is 0. The summed E-state index contributed by atoms with van der Waals surface area (Å²) >= 11 is 0. The number of hydrogen-bond donors (Lipinski definition) is 0. The highest BCUT2D eigenvalue weighted by Gasteiger charge is 2.40. The zero-order valence-corrected chi connectivity index (χ0v) is 12.6. The van der Waals surface area contributed by atoms with Gasteiger partial charge in [-0.15, -0.1) is 0 Å². The molecule has 0 aliphatic carbocycles. The van der Waals surface area contributed by atoms with Gasteiger partial charge in [-0.25, -0.2) is 0 Å². The lowest BCUT2D eigenvalue weighted by atomic mass is 10.1. The third kappa shape index (κ3) is 4.14. The first-order valence-electron chi connectivity index (χ1n) is 6.32. The number of allylic oxidation sites excluding steroid dienone is 1. The Morgan fingerprint density at radius 3 is 2.07 bits per heavy atom. The van der Waals surface area contributed by atoms with Crippen LogP contribution in [-0.2, 0) is 0 Å². The SMILES string of the molecule is [CH]=CC(CCCCC)[Si](C)(C)C(C)(C)C. The molecule has 15 heavy (non-hydrogen) atoms. The van der Waals surface area contributed by atoms with Gasteiger partial charge in [-0.3, -0.25) is 0 Å². The normalized spacial score (nSPS) is 15.1. The van der Waals surface area contributed by atoms with E-state index in [0.29, 0.717) is 10.6 Å². The van der Waals surface area contributed by atoms with E-state index in [1.54, 1.807) is 0 Å². The van der Waals surface area contributed by atoms with Crippen LogP contribution in [0.15, 0.2) is 6.08 Å². The highest BCUT2D eigenvalue weighted by molar-refractivity contribution is 6.81. The minimum atomic E-state index is -1.26.